The fraction of sp³-hybridized carbons (Fsp3) is 0.562. The van der Waals surface area contributed by atoms with Crippen molar-refractivity contribution in [3.05, 3.63) is 35.6 Å². The Morgan fingerprint density at radius 2 is 1.76 bits per heavy atom. The van der Waals surface area contributed by atoms with Crippen molar-refractivity contribution in [2.24, 2.45) is 0 Å². The number of hydrogen-bond donors (Lipinski definition) is 1. The molecule has 0 aliphatic rings. The van der Waals surface area contributed by atoms with Gasteiger partial charge in [0.25, 0.3) is 5.79 Å². The fourth-order valence-corrected chi connectivity index (χ4v) is 2.70. The van der Waals surface area contributed by atoms with Crippen molar-refractivity contribution in [2.75, 3.05) is 7.11 Å². The molecule has 0 aliphatic heterocycles. The van der Waals surface area contributed by atoms with E-state index < -0.39 is 57.6 Å². The van der Waals surface area contributed by atoms with Crippen molar-refractivity contribution in [3.8, 4) is 0 Å². The average molecular weight is 383 g/mol. The number of carbonyl (C=O) groups is 1. The predicted octanol–water partition coefficient (Wildman–Crippen LogP) is 3.59. The third kappa shape index (κ3) is 5.01. The molecular formula is C16H21F4NO3S. The van der Waals surface area contributed by atoms with Gasteiger partial charge in [0, 0.05) is 12.0 Å². The largest absolute Gasteiger partial charge is 0.469 e. The molecule has 0 bridgehead atoms. The van der Waals surface area contributed by atoms with Crippen LogP contribution in [0.3, 0.4) is 0 Å². The van der Waals surface area contributed by atoms with Gasteiger partial charge in [-0.2, -0.15) is 4.72 Å². The number of rotatable bonds is 7. The number of methoxy groups -OCH3 is 1. The van der Waals surface area contributed by atoms with Crippen LogP contribution in [0.4, 0.5) is 17.6 Å². The Labute approximate surface area is 146 Å². The lowest BCUT2D eigenvalue weighted by Crippen LogP contribution is -2.56. The second kappa shape index (κ2) is 7.82. The quantitative estimate of drug-likeness (QED) is 0.445. The van der Waals surface area contributed by atoms with Crippen LogP contribution in [0.15, 0.2) is 24.3 Å². The molecule has 1 aromatic carbocycles. The van der Waals surface area contributed by atoms with Crippen LogP contribution in [-0.2, 0) is 26.3 Å². The summed E-state index contributed by atoms with van der Waals surface area (Å²) in [6.07, 6.45) is -2.04. The monoisotopic (exact) mass is 383 g/mol. The number of alkyl halides is 3. The van der Waals surface area contributed by atoms with Gasteiger partial charge in [-0.05, 0) is 26.8 Å². The van der Waals surface area contributed by atoms with Crippen LogP contribution in [0.25, 0.3) is 0 Å². The zero-order valence-electron chi connectivity index (χ0n) is 14.4. The predicted molar refractivity (Wildman–Crippen MR) is 86.4 cm³/mol. The first-order valence-corrected chi connectivity index (χ1v) is 8.58. The number of esters is 1. The summed E-state index contributed by atoms with van der Waals surface area (Å²) in [6, 6.07) is 4.06. The normalized spacial score (nSPS) is 16.2. The Balaban J connectivity index is 3.34. The summed E-state index contributed by atoms with van der Waals surface area (Å²) < 4.78 is 75.9. The zero-order chi connectivity index (χ0) is 19.5. The molecule has 25 heavy (non-hydrogen) atoms. The van der Waals surface area contributed by atoms with Gasteiger partial charge in [0.2, 0.25) is 0 Å². The molecule has 1 rings (SSSR count). The second-order valence-electron chi connectivity index (χ2n) is 6.40. The molecule has 0 saturated heterocycles. The van der Waals surface area contributed by atoms with E-state index in [2.05, 4.69) is 4.74 Å². The molecule has 2 atom stereocenters. The summed E-state index contributed by atoms with van der Waals surface area (Å²) in [5.41, 5.74) is -0.984. The Morgan fingerprint density at radius 1 is 1.20 bits per heavy atom. The van der Waals surface area contributed by atoms with Gasteiger partial charge in [-0.15, -0.1) is 0 Å². The van der Waals surface area contributed by atoms with Gasteiger partial charge in [0.1, 0.15) is 16.8 Å². The summed E-state index contributed by atoms with van der Waals surface area (Å²) in [4.78, 5) is 11.1. The zero-order valence-corrected chi connectivity index (χ0v) is 15.2. The third-order valence-electron chi connectivity index (χ3n) is 3.41. The van der Waals surface area contributed by atoms with E-state index in [4.69, 9.17) is 0 Å². The highest BCUT2D eigenvalue weighted by Crippen LogP contribution is 2.44. The minimum absolute atomic E-state index is 0.784. The van der Waals surface area contributed by atoms with E-state index in [0.717, 1.165) is 19.2 Å². The molecule has 0 radical (unpaired) electrons. The van der Waals surface area contributed by atoms with Crippen molar-refractivity contribution in [1.29, 1.82) is 0 Å². The average Bonchev–Trinajstić information content (AvgIpc) is 2.51. The molecule has 0 spiro atoms. The Morgan fingerprint density at radius 3 is 2.24 bits per heavy atom. The highest BCUT2D eigenvalue weighted by atomic mass is 32.2. The van der Waals surface area contributed by atoms with E-state index in [0.29, 0.717) is 0 Å². The molecule has 4 nitrogen and oxygen atoms in total. The molecule has 9 heteroatoms. The lowest BCUT2D eigenvalue weighted by molar-refractivity contribution is -0.164. The van der Waals surface area contributed by atoms with Crippen LogP contribution < -0.4 is 4.72 Å². The maximum atomic E-state index is 15.5. The molecule has 0 unspecified atom stereocenters. The van der Waals surface area contributed by atoms with Crippen LogP contribution in [-0.4, -0.2) is 28.0 Å². The Hall–Kier alpha value is -1.48. The lowest BCUT2D eigenvalue weighted by atomic mass is 9.94. The molecule has 0 aromatic heterocycles. The molecule has 0 aliphatic carbocycles. The van der Waals surface area contributed by atoms with E-state index in [9.17, 15) is 22.2 Å². The topological polar surface area (TPSA) is 55.4 Å². The molecule has 0 fully saturated rings. The Bertz CT molecular complexity index is 649. The van der Waals surface area contributed by atoms with Gasteiger partial charge in [0.15, 0.2) is 0 Å². The van der Waals surface area contributed by atoms with Gasteiger partial charge < -0.3 is 4.74 Å². The number of benzene rings is 1. The molecule has 0 saturated carbocycles. The SMILES string of the molecule is COC(=O)CCC(F)(F)[C@](F)(N[S@](=O)C(C)(C)C)c1ccccc1F. The van der Waals surface area contributed by atoms with Crippen LogP contribution in [0.5, 0.6) is 0 Å². The summed E-state index contributed by atoms with van der Waals surface area (Å²) in [6.45, 7) is 4.35. The van der Waals surface area contributed by atoms with Crippen molar-refractivity contribution in [3.63, 3.8) is 0 Å². The Kier molecular flexibility index (Phi) is 6.74. The van der Waals surface area contributed by atoms with Crippen LogP contribution in [0, 0.1) is 5.82 Å². The van der Waals surface area contributed by atoms with Gasteiger partial charge in [-0.25, -0.2) is 21.8 Å². The summed E-state index contributed by atoms with van der Waals surface area (Å²) in [5, 5.41) is 0. The van der Waals surface area contributed by atoms with E-state index in [1.807, 2.05) is 0 Å². The maximum Gasteiger partial charge on any atom is 0.305 e. The number of carbonyl (C=O) groups excluding carboxylic acids is 1. The molecular weight excluding hydrogens is 362 g/mol. The molecule has 0 amide bonds. The standard InChI is InChI=1S/C16H21F4NO3S/c1-14(2,3)25(23)21-16(20,11-7-5-6-8-12(11)17)15(18,19)10-9-13(22)24-4/h5-8,21H,9-10H2,1-4H3/t16-,25-/m1/s1. The van der Waals surface area contributed by atoms with Gasteiger partial charge in [0.05, 0.1) is 18.3 Å². The fourth-order valence-electron chi connectivity index (χ4n) is 1.88. The van der Waals surface area contributed by atoms with Gasteiger partial charge >= 0.3 is 11.9 Å². The summed E-state index contributed by atoms with van der Waals surface area (Å²) in [7, 11) is -1.26. The van der Waals surface area contributed by atoms with Crippen molar-refractivity contribution >= 4 is 17.0 Å². The first-order chi connectivity index (χ1) is 11.3. The summed E-state index contributed by atoms with van der Waals surface area (Å²) in [5.74, 6) is -10.2. The highest BCUT2D eigenvalue weighted by molar-refractivity contribution is 7.84. The number of ether oxygens (including phenoxy) is 1. The lowest BCUT2D eigenvalue weighted by Gasteiger charge is -2.36. The van der Waals surface area contributed by atoms with E-state index >= 15 is 4.39 Å². The minimum atomic E-state index is -4.23. The van der Waals surface area contributed by atoms with E-state index in [1.165, 1.54) is 32.9 Å². The van der Waals surface area contributed by atoms with Crippen molar-refractivity contribution in [1.82, 2.24) is 4.72 Å². The number of hydrogen-bond acceptors (Lipinski definition) is 3. The van der Waals surface area contributed by atoms with Gasteiger partial charge in [-0.3, -0.25) is 4.79 Å². The molecule has 0 heterocycles. The first-order valence-electron chi connectivity index (χ1n) is 7.43. The summed E-state index contributed by atoms with van der Waals surface area (Å²) >= 11 is 0. The minimum Gasteiger partial charge on any atom is -0.469 e. The third-order valence-corrected chi connectivity index (χ3v) is 4.99. The van der Waals surface area contributed by atoms with Crippen molar-refractivity contribution < 1.29 is 31.3 Å². The first kappa shape index (κ1) is 21.6. The van der Waals surface area contributed by atoms with Crippen LogP contribution in [0.1, 0.15) is 39.2 Å². The molecule has 1 aromatic rings. The molecule has 1 N–H and O–H groups in total. The highest BCUT2D eigenvalue weighted by Gasteiger charge is 2.58. The maximum absolute atomic E-state index is 15.5. The number of halogens is 4. The van der Waals surface area contributed by atoms with Crippen LogP contribution >= 0.6 is 0 Å². The van der Waals surface area contributed by atoms with Crippen LogP contribution in [0.2, 0.25) is 0 Å². The smallest absolute Gasteiger partial charge is 0.305 e. The number of nitrogens with one attached hydrogen (secondary N) is 1. The van der Waals surface area contributed by atoms with Crippen molar-refractivity contribution in [2.45, 2.75) is 50.1 Å². The second-order valence-corrected chi connectivity index (χ2v) is 8.37. The van der Waals surface area contributed by atoms with E-state index in [1.54, 1.807) is 4.72 Å². The van der Waals surface area contributed by atoms with Gasteiger partial charge in [-0.1, -0.05) is 18.2 Å². The van der Waals surface area contributed by atoms with E-state index in [-0.39, 0.29) is 0 Å². The molecule has 142 valence electrons.